The van der Waals surface area contributed by atoms with Gasteiger partial charge in [0.2, 0.25) is 5.91 Å². The molecule has 6 rings (SSSR count). The Balaban J connectivity index is 1.20. The number of morpholine rings is 1. The van der Waals surface area contributed by atoms with Crippen LogP contribution in [0.5, 0.6) is 5.75 Å². The van der Waals surface area contributed by atoms with Gasteiger partial charge in [0.25, 0.3) is 0 Å². The first-order valence-corrected chi connectivity index (χ1v) is 14.9. The van der Waals surface area contributed by atoms with Crippen LogP contribution >= 0.6 is 0 Å². The summed E-state index contributed by atoms with van der Waals surface area (Å²) < 4.78 is 13.2. The summed E-state index contributed by atoms with van der Waals surface area (Å²) in [5.74, 6) is 1.73. The number of ether oxygens (including phenoxy) is 2. The molecule has 0 bridgehead atoms. The van der Waals surface area contributed by atoms with Gasteiger partial charge in [-0.15, -0.1) is 0 Å². The molecule has 3 unspecified atom stereocenters. The Morgan fingerprint density at radius 2 is 2.19 bits per heavy atom. The summed E-state index contributed by atoms with van der Waals surface area (Å²) >= 11 is 0. The van der Waals surface area contributed by atoms with Gasteiger partial charge in [-0.1, -0.05) is 6.07 Å². The van der Waals surface area contributed by atoms with E-state index in [-0.39, 0.29) is 24.0 Å². The van der Waals surface area contributed by atoms with Crippen LogP contribution in [0.4, 0.5) is 5.82 Å². The average Bonchev–Trinajstić information content (AvgIpc) is 3.46. The van der Waals surface area contributed by atoms with Gasteiger partial charge in [-0.25, -0.2) is 9.50 Å². The second-order valence-electron chi connectivity index (χ2n) is 11.0. The maximum Gasteiger partial charge on any atom is 0.222 e. The number of fused-ring (bicyclic) bond motifs is 1. The number of piperidine rings is 1. The lowest BCUT2D eigenvalue weighted by molar-refractivity contribution is -0.125. The van der Waals surface area contributed by atoms with E-state index < -0.39 is 0 Å². The van der Waals surface area contributed by atoms with E-state index in [4.69, 9.17) is 14.5 Å². The van der Waals surface area contributed by atoms with E-state index in [1.807, 2.05) is 55.7 Å². The van der Waals surface area contributed by atoms with Crippen LogP contribution in [0.1, 0.15) is 31.0 Å². The minimum absolute atomic E-state index is 0.0258. The third-order valence-corrected chi connectivity index (χ3v) is 8.10. The highest BCUT2D eigenvalue weighted by molar-refractivity contribution is 5.85. The molecule has 2 aliphatic rings. The van der Waals surface area contributed by atoms with Gasteiger partial charge in [0.05, 0.1) is 49.2 Å². The van der Waals surface area contributed by atoms with Crippen molar-refractivity contribution >= 4 is 17.2 Å². The third-order valence-electron chi connectivity index (χ3n) is 8.10. The van der Waals surface area contributed by atoms with Crippen molar-refractivity contribution in [1.29, 1.82) is 5.26 Å². The van der Waals surface area contributed by atoms with Gasteiger partial charge >= 0.3 is 0 Å². The van der Waals surface area contributed by atoms with E-state index in [9.17, 15) is 10.1 Å². The molecule has 2 N–H and O–H groups in total. The van der Waals surface area contributed by atoms with Gasteiger partial charge in [0, 0.05) is 67.4 Å². The van der Waals surface area contributed by atoms with Crippen molar-refractivity contribution in [1.82, 2.24) is 30.2 Å². The zero-order valence-electron chi connectivity index (χ0n) is 24.3. The molecule has 222 valence electrons. The number of pyridine rings is 3. The zero-order valence-corrected chi connectivity index (χ0v) is 24.3. The fourth-order valence-corrected chi connectivity index (χ4v) is 6.02. The summed E-state index contributed by atoms with van der Waals surface area (Å²) in [6.45, 7) is 6.12. The van der Waals surface area contributed by atoms with E-state index in [1.165, 1.54) is 0 Å². The first-order chi connectivity index (χ1) is 21.1. The Hall–Kier alpha value is -4.53. The number of rotatable bonds is 9. The summed E-state index contributed by atoms with van der Waals surface area (Å²) in [5.41, 5.74) is 3.94. The lowest BCUT2D eigenvalue weighted by Gasteiger charge is -2.40. The third kappa shape index (κ3) is 6.61. The van der Waals surface area contributed by atoms with E-state index in [0.717, 1.165) is 60.6 Å². The largest absolute Gasteiger partial charge is 0.492 e. The summed E-state index contributed by atoms with van der Waals surface area (Å²) in [7, 11) is 0. The van der Waals surface area contributed by atoms with Crippen LogP contribution in [0.2, 0.25) is 0 Å². The normalized spacial score (nSPS) is 20.5. The van der Waals surface area contributed by atoms with E-state index in [2.05, 4.69) is 31.7 Å². The first kappa shape index (κ1) is 28.6. The highest BCUT2D eigenvalue weighted by Crippen LogP contribution is 2.32. The maximum absolute atomic E-state index is 13.0. The lowest BCUT2D eigenvalue weighted by atomic mass is 9.87. The number of nitriles is 1. The van der Waals surface area contributed by atoms with Crippen LogP contribution in [-0.2, 0) is 16.0 Å². The Labute approximate surface area is 250 Å². The van der Waals surface area contributed by atoms with Crippen molar-refractivity contribution in [3.63, 3.8) is 0 Å². The number of carbonyl (C=O) groups excluding carboxylic acids is 1. The second kappa shape index (κ2) is 13.2. The van der Waals surface area contributed by atoms with Crippen LogP contribution in [0.3, 0.4) is 0 Å². The molecule has 4 aromatic heterocycles. The molecule has 4 aromatic rings. The highest BCUT2D eigenvalue weighted by atomic mass is 16.5. The zero-order chi connectivity index (χ0) is 29.6. The quantitative estimate of drug-likeness (QED) is 0.307. The minimum atomic E-state index is -0.0898. The van der Waals surface area contributed by atoms with Crippen molar-refractivity contribution in [2.24, 2.45) is 5.92 Å². The highest BCUT2D eigenvalue weighted by Gasteiger charge is 2.32. The number of anilines is 1. The number of hydrogen-bond acceptors (Lipinski definition) is 9. The predicted octanol–water partition coefficient (Wildman–Crippen LogP) is 2.99. The van der Waals surface area contributed by atoms with Gasteiger partial charge in [0.1, 0.15) is 17.6 Å². The molecule has 0 radical (unpaired) electrons. The molecule has 11 heteroatoms. The monoisotopic (exact) mass is 580 g/mol. The standard InChI is InChI=1S/C32H36N8O3/c1-2-42-27-14-28(32-24(16-33)18-37-40(32)21-27)22-6-7-30(36-17-22)39-11-8-29(23(20-39)13-25-5-3-4-9-35-25)38-31(41)15-26-19-34-10-12-43-26/h3-7,9,14,17-18,21,23,26,29,34H,2,8,10-13,15,19-20H2,1H3,(H,38,41). The maximum atomic E-state index is 13.0. The SMILES string of the molecule is CCOc1cc(-c2ccc(N3CCC(NC(=O)CC4CNCCO4)C(Cc4ccccn4)C3)nc2)c2c(C#N)cnn2c1. The molecule has 43 heavy (non-hydrogen) atoms. The van der Waals surface area contributed by atoms with Gasteiger partial charge in [-0.2, -0.15) is 10.4 Å². The smallest absolute Gasteiger partial charge is 0.222 e. The molecule has 11 nitrogen and oxygen atoms in total. The Morgan fingerprint density at radius 1 is 1.26 bits per heavy atom. The molecule has 6 heterocycles. The molecular formula is C32H36N8O3. The predicted molar refractivity (Wildman–Crippen MR) is 162 cm³/mol. The fraction of sp³-hybridized carbons (Fsp3) is 0.406. The molecule has 0 aliphatic carbocycles. The second-order valence-corrected chi connectivity index (χ2v) is 11.0. The van der Waals surface area contributed by atoms with Crippen molar-refractivity contribution < 1.29 is 14.3 Å². The van der Waals surface area contributed by atoms with Gasteiger partial charge < -0.3 is 25.0 Å². The van der Waals surface area contributed by atoms with Crippen LogP contribution in [-0.4, -0.2) is 77.0 Å². The molecule has 2 aliphatic heterocycles. The summed E-state index contributed by atoms with van der Waals surface area (Å²) in [5, 5.41) is 20.6. The van der Waals surface area contributed by atoms with Crippen molar-refractivity contribution in [3.8, 4) is 22.9 Å². The molecule has 0 spiro atoms. The van der Waals surface area contributed by atoms with Crippen LogP contribution in [0, 0.1) is 17.2 Å². The first-order valence-electron chi connectivity index (χ1n) is 14.9. The van der Waals surface area contributed by atoms with Crippen LogP contribution < -0.4 is 20.3 Å². The van der Waals surface area contributed by atoms with E-state index in [0.29, 0.717) is 37.5 Å². The van der Waals surface area contributed by atoms with Crippen molar-refractivity contribution in [2.45, 2.75) is 38.3 Å². The Bertz CT molecular complexity index is 1580. The molecule has 3 atom stereocenters. The van der Waals surface area contributed by atoms with E-state index >= 15 is 0 Å². The summed E-state index contributed by atoms with van der Waals surface area (Å²) in [4.78, 5) is 24.7. The molecule has 2 fully saturated rings. The summed E-state index contributed by atoms with van der Waals surface area (Å²) in [6, 6.07) is 14.2. The van der Waals surface area contributed by atoms with Gasteiger partial charge in [-0.05, 0) is 50.1 Å². The minimum Gasteiger partial charge on any atom is -0.492 e. The van der Waals surface area contributed by atoms with Crippen molar-refractivity contribution in [3.05, 3.63) is 72.4 Å². The number of nitrogens with zero attached hydrogens (tertiary/aromatic N) is 6. The average molecular weight is 581 g/mol. The molecule has 0 aromatic carbocycles. The number of hydrogen-bond donors (Lipinski definition) is 2. The van der Waals surface area contributed by atoms with Crippen molar-refractivity contribution in [2.75, 3.05) is 44.3 Å². The molecule has 2 saturated heterocycles. The van der Waals surface area contributed by atoms with Gasteiger partial charge in [-0.3, -0.25) is 9.78 Å². The van der Waals surface area contributed by atoms with Gasteiger partial charge in [0.15, 0.2) is 0 Å². The Kier molecular flexibility index (Phi) is 8.77. The summed E-state index contributed by atoms with van der Waals surface area (Å²) in [6.07, 6.45) is 8.83. The number of carbonyl (C=O) groups is 1. The number of aromatic nitrogens is 4. The fourth-order valence-electron chi connectivity index (χ4n) is 6.02. The van der Waals surface area contributed by atoms with E-state index in [1.54, 1.807) is 16.9 Å². The number of amides is 1. The molecular weight excluding hydrogens is 544 g/mol. The Morgan fingerprint density at radius 3 is 2.93 bits per heavy atom. The van der Waals surface area contributed by atoms with Crippen LogP contribution in [0.25, 0.3) is 16.6 Å². The molecule has 1 amide bonds. The topological polar surface area (TPSA) is 130 Å². The lowest BCUT2D eigenvalue weighted by Crippen LogP contribution is -2.53. The molecule has 0 saturated carbocycles. The number of nitrogens with one attached hydrogen (secondary N) is 2. The van der Waals surface area contributed by atoms with Crippen LogP contribution in [0.15, 0.2) is 61.2 Å².